The highest BCUT2D eigenvalue weighted by molar-refractivity contribution is 8.00. The maximum atomic E-state index is 6.08. The predicted molar refractivity (Wildman–Crippen MR) is 210 cm³/mol. The molecule has 3 rings (SSSR count). The molecular formula is C40H85N3O3S. The molecule has 1 saturated carbocycles. The van der Waals surface area contributed by atoms with E-state index in [-0.39, 0.29) is 10.5 Å². The molecule has 3 fully saturated rings. The smallest absolute Gasteiger partial charge is 0.118 e. The molecule has 284 valence electrons. The Morgan fingerprint density at radius 1 is 0.787 bits per heavy atom. The van der Waals surface area contributed by atoms with E-state index in [1.165, 1.54) is 57.1 Å². The van der Waals surface area contributed by atoms with Gasteiger partial charge in [0.2, 0.25) is 0 Å². The molecule has 0 spiro atoms. The first-order valence-corrected chi connectivity index (χ1v) is 20.6. The van der Waals surface area contributed by atoms with Crippen molar-refractivity contribution in [1.82, 2.24) is 15.5 Å². The van der Waals surface area contributed by atoms with Crippen molar-refractivity contribution in [1.29, 1.82) is 0 Å². The zero-order chi connectivity index (χ0) is 36.3. The third kappa shape index (κ3) is 18.3. The molecule has 0 aromatic carbocycles. The second-order valence-corrected chi connectivity index (χ2v) is 17.7. The first-order valence-electron chi connectivity index (χ1n) is 19.6. The number of nitrogens with one attached hydrogen (secondary N) is 2. The fourth-order valence-corrected chi connectivity index (χ4v) is 8.37. The van der Waals surface area contributed by atoms with Gasteiger partial charge in [-0.25, -0.2) is 0 Å². The lowest BCUT2D eigenvalue weighted by atomic mass is 9.83. The van der Waals surface area contributed by atoms with Crippen LogP contribution in [0, 0.1) is 17.8 Å². The fraction of sp³-hybridized carbons (Fsp3) is 1.00. The van der Waals surface area contributed by atoms with Crippen molar-refractivity contribution in [3.63, 3.8) is 0 Å². The first-order chi connectivity index (χ1) is 21.9. The monoisotopic (exact) mass is 688 g/mol. The second-order valence-electron chi connectivity index (χ2n) is 16.4. The molecule has 0 amide bonds. The SMILES string of the molecule is CC(C)C1(C(C)C)OCCCS1.CC(C)OC1(C(C)C)CCCNC1.CC(C)OCCN(C)C(C)C.CCC1(NC(C)C)CCCC1. The van der Waals surface area contributed by atoms with E-state index in [0.717, 1.165) is 32.8 Å². The first kappa shape index (κ1) is 47.1. The molecule has 1 atom stereocenters. The topological polar surface area (TPSA) is 55.0 Å². The number of rotatable bonds is 13. The van der Waals surface area contributed by atoms with Crippen molar-refractivity contribution in [2.75, 3.05) is 45.6 Å². The highest BCUT2D eigenvalue weighted by Crippen LogP contribution is 2.43. The van der Waals surface area contributed by atoms with Crippen LogP contribution in [0.25, 0.3) is 0 Å². The van der Waals surface area contributed by atoms with E-state index < -0.39 is 0 Å². The van der Waals surface area contributed by atoms with E-state index in [1.807, 2.05) is 11.8 Å². The zero-order valence-corrected chi connectivity index (χ0v) is 35.3. The molecule has 1 aliphatic carbocycles. The molecule has 7 heteroatoms. The highest BCUT2D eigenvalue weighted by Gasteiger charge is 2.40. The Morgan fingerprint density at radius 2 is 1.38 bits per heavy atom. The molecular weight excluding hydrogens is 603 g/mol. The van der Waals surface area contributed by atoms with Crippen LogP contribution in [0.1, 0.15) is 155 Å². The van der Waals surface area contributed by atoms with Gasteiger partial charge in [-0.15, -0.1) is 11.8 Å². The molecule has 47 heavy (non-hydrogen) atoms. The van der Waals surface area contributed by atoms with Gasteiger partial charge in [-0.3, -0.25) is 0 Å². The van der Waals surface area contributed by atoms with E-state index in [1.54, 1.807) is 0 Å². The fourth-order valence-electron chi connectivity index (χ4n) is 6.95. The number of nitrogens with zero attached hydrogens (tertiary/aromatic N) is 1. The van der Waals surface area contributed by atoms with Gasteiger partial charge in [0.15, 0.2) is 0 Å². The minimum Gasteiger partial charge on any atom is -0.377 e. The van der Waals surface area contributed by atoms with Gasteiger partial charge >= 0.3 is 0 Å². The number of piperidine rings is 1. The molecule has 2 N–H and O–H groups in total. The van der Waals surface area contributed by atoms with Crippen LogP contribution < -0.4 is 10.6 Å². The van der Waals surface area contributed by atoms with Crippen LogP contribution in [0.4, 0.5) is 0 Å². The van der Waals surface area contributed by atoms with Crippen molar-refractivity contribution in [3.05, 3.63) is 0 Å². The van der Waals surface area contributed by atoms with Gasteiger partial charge in [-0.05, 0) is 117 Å². The van der Waals surface area contributed by atoms with Crippen molar-refractivity contribution < 1.29 is 14.2 Å². The van der Waals surface area contributed by atoms with Crippen LogP contribution in [0.5, 0.6) is 0 Å². The van der Waals surface area contributed by atoms with Gasteiger partial charge in [-0.2, -0.15) is 0 Å². The largest absolute Gasteiger partial charge is 0.377 e. The van der Waals surface area contributed by atoms with Gasteiger partial charge in [-0.1, -0.05) is 75.2 Å². The molecule has 0 radical (unpaired) electrons. The van der Waals surface area contributed by atoms with Crippen molar-refractivity contribution in [2.45, 2.75) is 196 Å². The minimum absolute atomic E-state index is 0.0897. The average molecular weight is 688 g/mol. The Morgan fingerprint density at radius 3 is 1.72 bits per heavy atom. The van der Waals surface area contributed by atoms with Gasteiger partial charge in [0.25, 0.3) is 0 Å². The third-order valence-electron chi connectivity index (χ3n) is 10.1. The summed E-state index contributed by atoms with van der Waals surface area (Å²) in [7, 11) is 2.12. The summed E-state index contributed by atoms with van der Waals surface area (Å²) >= 11 is 2.00. The summed E-state index contributed by atoms with van der Waals surface area (Å²) in [5.74, 6) is 3.09. The van der Waals surface area contributed by atoms with E-state index in [0.29, 0.717) is 47.6 Å². The van der Waals surface area contributed by atoms with Gasteiger partial charge < -0.3 is 29.7 Å². The van der Waals surface area contributed by atoms with Crippen LogP contribution in [0.15, 0.2) is 0 Å². The lowest BCUT2D eigenvalue weighted by Crippen LogP contribution is -2.52. The number of hydrogen-bond donors (Lipinski definition) is 2. The Bertz CT molecular complexity index is 729. The number of likely N-dealkylation sites (N-methyl/N-ethyl adjacent to an activating group) is 1. The van der Waals surface area contributed by atoms with E-state index in [2.05, 4.69) is 126 Å². The summed E-state index contributed by atoms with van der Waals surface area (Å²) in [6, 6.07) is 1.26. The molecule has 2 heterocycles. The summed E-state index contributed by atoms with van der Waals surface area (Å²) in [6.07, 6.45) is 11.3. The highest BCUT2D eigenvalue weighted by atomic mass is 32.2. The average Bonchev–Trinajstić information content (AvgIpc) is 3.46. The van der Waals surface area contributed by atoms with Crippen molar-refractivity contribution >= 4 is 11.8 Å². The lowest BCUT2D eigenvalue weighted by molar-refractivity contribution is -0.120. The number of ether oxygens (including phenoxy) is 3. The van der Waals surface area contributed by atoms with Crippen LogP contribution >= 0.6 is 11.8 Å². The van der Waals surface area contributed by atoms with Crippen LogP contribution in [-0.4, -0.2) is 90.9 Å². The van der Waals surface area contributed by atoms with E-state index in [9.17, 15) is 0 Å². The Kier molecular flexibility index (Phi) is 24.4. The number of thioether (sulfide) groups is 1. The van der Waals surface area contributed by atoms with Crippen molar-refractivity contribution in [2.24, 2.45) is 17.8 Å². The van der Waals surface area contributed by atoms with Crippen LogP contribution in [0.3, 0.4) is 0 Å². The summed E-state index contributed by atoms with van der Waals surface area (Å²) in [5, 5.41) is 7.14. The van der Waals surface area contributed by atoms with Gasteiger partial charge in [0.05, 0.1) is 24.4 Å². The van der Waals surface area contributed by atoms with Crippen LogP contribution in [-0.2, 0) is 14.2 Å². The summed E-state index contributed by atoms with van der Waals surface area (Å²) < 4.78 is 17.5. The molecule has 3 aliphatic rings. The molecule has 0 aromatic heterocycles. The normalized spacial score (nSPS) is 22.5. The Balaban J connectivity index is 0.000000602. The second kappa shape index (κ2) is 24.3. The summed E-state index contributed by atoms with van der Waals surface area (Å²) in [5.41, 5.74) is 0.598. The van der Waals surface area contributed by atoms with Crippen LogP contribution in [0.2, 0.25) is 0 Å². The van der Waals surface area contributed by atoms with Crippen molar-refractivity contribution in [3.8, 4) is 0 Å². The van der Waals surface area contributed by atoms with Gasteiger partial charge in [0, 0.05) is 37.3 Å². The molecule has 1 unspecified atom stereocenters. The summed E-state index contributed by atoms with van der Waals surface area (Å²) in [4.78, 5) is 2.38. The molecule has 0 bridgehead atoms. The van der Waals surface area contributed by atoms with Gasteiger partial charge in [0.1, 0.15) is 4.93 Å². The Hall–Kier alpha value is 0.110. The summed E-state index contributed by atoms with van der Waals surface area (Å²) in [6.45, 7) is 38.1. The number of hydrogen-bond acceptors (Lipinski definition) is 7. The lowest BCUT2D eigenvalue weighted by Gasteiger charge is -2.43. The standard InChI is InChI=1S/C11H23NO.C10H21N.C10H20OS.C9H21NO/c1-9(2)11(13-10(3)4)6-5-7-12-8-11;1-4-10(11-9(2)3)7-5-6-8-10;1-8(2)10(9(3)4)11-6-5-7-12-10;1-8(2)10(5)6-7-11-9(3)4/h9-10,12H,5-8H2,1-4H3;9,11H,4-8H2,1-3H3;8-9H,5-7H2,1-4H3;8-9H,6-7H2,1-5H3. The molecule has 2 aliphatic heterocycles. The minimum atomic E-state index is 0.0897. The maximum absolute atomic E-state index is 6.08. The quantitative estimate of drug-likeness (QED) is 0.200. The Labute approximate surface area is 299 Å². The molecule has 0 aromatic rings. The zero-order valence-electron chi connectivity index (χ0n) is 34.5. The molecule has 6 nitrogen and oxygen atoms in total. The molecule has 2 saturated heterocycles. The maximum Gasteiger partial charge on any atom is 0.118 e. The predicted octanol–water partition coefficient (Wildman–Crippen LogP) is 9.80. The van der Waals surface area contributed by atoms with E-state index >= 15 is 0 Å². The third-order valence-corrected chi connectivity index (χ3v) is 12.1. The van der Waals surface area contributed by atoms with E-state index in [4.69, 9.17) is 14.2 Å².